The van der Waals surface area contributed by atoms with Crippen LogP contribution in [0.5, 0.6) is 0 Å². The summed E-state index contributed by atoms with van der Waals surface area (Å²) in [5.74, 6) is 0.397. The predicted molar refractivity (Wildman–Crippen MR) is 81.8 cm³/mol. The number of hydrogen-bond donors (Lipinski definition) is 1. The first-order chi connectivity index (χ1) is 8.49. The Bertz CT molecular complexity index is 466. The van der Waals surface area contributed by atoms with Gasteiger partial charge in [-0.05, 0) is 53.1 Å². The van der Waals surface area contributed by atoms with E-state index in [1.807, 2.05) is 17.0 Å². The van der Waals surface area contributed by atoms with Crippen LogP contribution in [0.3, 0.4) is 0 Å². The number of hydrogen-bond acceptors (Lipinski definition) is 2. The van der Waals surface area contributed by atoms with Crippen LogP contribution < -0.4 is 5.73 Å². The molecule has 0 aliphatic carbocycles. The zero-order valence-electron chi connectivity index (χ0n) is 10.2. The van der Waals surface area contributed by atoms with Gasteiger partial charge in [-0.1, -0.05) is 18.5 Å². The maximum absolute atomic E-state index is 12.3. The third kappa shape index (κ3) is 2.97. The largest absolute Gasteiger partial charge is 0.338 e. The number of nitrogens with zero attached hydrogens (tertiary/aromatic N) is 1. The van der Waals surface area contributed by atoms with Gasteiger partial charge >= 0.3 is 0 Å². The molecule has 0 radical (unpaired) electrons. The van der Waals surface area contributed by atoms with Crippen LogP contribution in [-0.4, -0.2) is 29.9 Å². The van der Waals surface area contributed by atoms with Gasteiger partial charge in [0.05, 0.1) is 5.02 Å². The molecule has 18 heavy (non-hydrogen) atoms. The van der Waals surface area contributed by atoms with Gasteiger partial charge in [0, 0.05) is 28.3 Å². The van der Waals surface area contributed by atoms with Gasteiger partial charge in [0.15, 0.2) is 0 Å². The Morgan fingerprint density at radius 1 is 1.56 bits per heavy atom. The maximum Gasteiger partial charge on any atom is 0.253 e. The summed E-state index contributed by atoms with van der Waals surface area (Å²) in [5.41, 5.74) is 6.62. The number of likely N-dealkylation sites (tertiary alicyclic amines) is 1. The second kappa shape index (κ2) is 5.75. The third-order valence-corrected chi connectivity index (χ3v) is 5.00. The maximum atomic E-state index is 12.3. The van der Waals surface area contributed by atoms with E-state index in [0.717, 1.165) is 23.1 Å². The van der Waals surface area contributed by atoms with Crippen molar-refractivity contribution in [2.24, 2.45) is 11.7 Å². The summed E-state index contributed by atoms with van der Waals surface area (Å²) in [4.78, 5) is 14.2. The first kappa shape index (κ1) is 14.1. The highest BCUT2D eigenvalue weighted by Crippen LogP contribution is 2.22. The molecule has 1 fully saturated rings. The fraction of sp³-hybridized carbons (Fsp3) is 0.462. The highest BCUT2D eigenvalue weighted by molar-refractivity contribution is 14.1. The van der Waals surface area contributed by atoms with E-state index in [4.69, 9.17) is 17.3 Å². The van der Waals surface area contributed by atoms with E-state index in [1.54, 1.807) is 6.07 Å². The van der Waals surface area contributed by atoms with Crippen LogP contribution in [0.1, 0.15) is 23.7 Å². The molecule has 2 atom stereocenters. The Kier molecular flexibility index (Phi) is 4.50. The molecule has 0 spiro atoms. The molecule has 1 aromatic rings. The molecule has 1 aliphatic rings. The summed E-state index contributed by atoms with van der Waals surface area (Å²) in [6.45, 7) is 3.54. The summed E-state index contributed by atoms with van der Waals surface area (Å²) < 4.78 is 0.958. The molecule has 1 heterocycles. The van der Waals surface area contributed by atoms with Crippen molar-refractivity contribution >= 4 is 40.1 Å². The molecule has 0 saturated carbocycles. The molecule has 1 saturated heterocycles. The first-order valence-corrected chi connectivity index (χ1v) is 7.44. The van der Waals surface area contributed by atoms with Crippen molar-refractivity contribution in [3.63, 3.8) is 0 Å². The van der Waals surface area contributed by atoms with Crippen LogP contribution >= 0.6 is 34.2 Å². The van der Waals surface area contributed by atoms with Crippen LogP contribution in [0.4, 0.5) is 0 Å². The van der Waals surface area contributed by atoms with Gasteiger partial charge in [0.25, 0.3) is 5.91 Å². The molecular weight excluding hydrogens is 363 g/mol. The van der Waals surface area contributed by atoms with Crippen molar-refractivity contribution in [2.45, 2.75) is 19.4 Å². The minimum Gasteiger partial charge on any atom is -0.338 e. The monoisotopic (exact) mass is 378 g/mol. The van der Waals surface area contributed by atoms with E-state index in [2.05, 4.69) is 29.5 Å². The molecule has 1 aromatic carbocycles. The van der Waals surface area contributed by atoms with Crippen LogP contribution in [0.15, 0.2) is 18.2 Å². The van der Waals surface area contributed by atoms with E-state index < -0.39 is 0 Å². The van der Waals surface area contributed by atoms with E-state index in [-0.39, 0.29) is 11.9 Å². The first-order valence-electron chi connectivity index (χ1n) is 5.99. The minimum atomic E-state index is 0.0482. The molecule has 2 N–H and O–H groups in total. The highest BCUT2D eigenvalue weighted by Gasteiger charge is 2.26. The number of piperidine rings is 1. The summed E-state index contributed by atoms with van der Waals surface area (Å²) in [5, 5.41) is 0.628. The van der Waals surface area contributed by atoms with Crippen molar-refractivity contribution in [1.82, 2.24) is 4.90 Å². The molecule has 1 aliphatic heterocycles. The van der Waals surface area contributed by atoms with Gasteiger partial charge in [0.1, 0.15) is 0 Å². The standard InChI is InChI=1S/C13H16ClIN2O/c1-8-7-17(5-4-12(8)16)13(18)9-2-3-11(15)10(14)6-9/h2-3,6,8,12H,4-5,7,16H2,1H3. The zero-order chi connectivity index (χ0) is 13.3. The molecule has 5 heteroatoms. The molecule has 3 nitrogen and oxygen atoms in total. The van der Waals surface area contributed by atoms with Crippen LogP contribution in [0.2, 0.25) is 5.02 Å². The topological polar surface area (TPSA) is 46.3 Å². The average molecular weight is 379 g/mol. The summed E-state index contributed by atoms with van der Waals surface area (Å²) >= 11 is 8.20. The molecular formula is C13H16ClIN2O. The molecule has 2 unspecified atom stereocenters. The molecule has 2 rings (SSSR count). The Labute approximate surface area is 126 Å². The fourth-order valence-corrected chi connectivity index (χ4v) is 2.68. The lowest BCUT2D eigenvalue weighted by Gasteiger charge is -2.35. The summed E-state index contributed by atoms with van der Waals surface area (Å²) in [6.07, 6.45) is 0.866. The summed E-state index contributed by atoms with van der Waals surface area (Å²) in [7, 11) is 0. The van der Waals surface area contributed by atoms with Crippen LogP contribution in [0, 0.1) is 9.49 Å². The third-order valence-electron chi connectivity index (χ3n) is 3.43. The lowest BCUT2D eigenvalue weighted by Crippen LogP contribution is -2.48. The molecule has 0 bridgehead atoms. The number of carbonyl (C=O) groups excluding carboxylic acids is 1. The van der Waals surface area contributed by atoms with Gasteiger partial charge < -0.3 is 10.6 Å². The van der Waals surface area contributed by atoms with Gasteiger partial charge in [-0.15, -0.1) is 0 Å². The normalized spacial score (nSPS) is 24.1. The van der Waals surface area contributed by atoms with Crippen LogP contribution in [0.25, 0.3) is 0 Å². The SMILES string of the molecule is CC1CN(C(=O)c2ccc(I)c(Cl)c2)CCC1N. The van der Waals surface area contributed by atoms with Gasteiger partial charge in [0.2, 0.25) is 0 Å². The van der Waals surface area contributed by atoms with Gasteiger partial charge in [-0.3, -0.25) is 4.79 Å². The van der Waals surface area contributed by atoms with E-state index in [1.165, 1.54) is 0 Å². The van der Waals surface area contributed by atoms with Crippen molar-refractivity contribution in [2.75, 3.05) is 13.1 Å². The van der Waals surface area contributed by atoms with Crippen molar-refractivity contribution in [3.8, 4) is 0 Å². The molecule has 1 amide bonds. The smallest absolute Gasteiger partial charge is 0.253 e. The van der Waals surface area contributed by atoms with Gasteiger partial charge in [-0.25, -0.2) is 0 Å². The quantitative estimate of drug-likeness (QED) is 0.764. The number of halogens is 2. The number of amides is 1. The Hall–Kier alpha value is -0.330. The summed E-state index contributed by atoms with van der Waals surface area (Å²) in [6, 6.07) is 5.64. The highest BCUT2D eigenvalue weighted by atomic mass is 127. The van der Waals surface area contributed by atoms with E-state index >= 15 is 0 Å². The molecule has 98 valence electrons. The lowest BCUT2D eigenvalue weighted by molar-refractivity contribution is 0.0664. The zero-order valence-corrected chi connectivity index (χ0v) is 13.1. The number of rotatable bonds is 1. The van der Waals surface area contributed by atoms with Gasteiger partial charge in [-0.2, -0.15) is 0 Å². The Balaban J connectivity index is 2.14. The van der Waals surface area contributed by atoms with Crippen molar-refractivity contribution in [3.05, 3.63) is 32.4 Å². The number of carbonyl (C=O) groups is 1. The van der Waals surface area contributed by atoms with E-state index in [0.29, 0.717) is 16.5 Å². The minimum absolute atomic E-state index is 0.0482. The number of benzene rings is 1. The lowest BCUT2D eigenvalue weighted by atomic mass is 9.94. The Morgan fingerprint density at radius 2 is 2.28 bits per heavy atom. The fourth-order valence-electron chi connectivity index (χ4n) is 2.16. The van der Waals surface area contributed by atoms with Crippen molar-refractivity contribution < 1.29 is 4.79 Å². The number of nitrogens with two attached hydrogens (primary N) is 1. The second-order valence-electron chi connectivity index (χ2n) is 4.81. The second-order valence-corrected chi connectivity index (χ2v) is 6.38. The predicted octanol–water partition coefficient (Wildman–Crippen LogP) is 2.75. The van der Waals surface area contributed by atoms with Crippen molar-refractivity contribution in [1.29, 1.82) is 0 Å². The molecule has 0 aromatic heterocycles. The van der Waals surface area contributed by atoms with E-state index in [9.17, 15) is 4.79 Å². The Morgan fingerprint density at radius 3 is 2.89 bits per heavy atom. The van der Waals surface area contributed by atoms with Crippen LogP contribution in [-0.2, 0) is 0 Å². The average Bonchev–Trinajstić information content (AvgIpc) is 2.35.